The largest absolute Gasteiger partial charge is 0.493 e. The minimum atomic E-state index is -0.230. The van der Waals surface area contributed by atoms with E-state index < -0.39 is 0 Å². The van der Waals surface area contributed by atoms with Crippen LogP contribution in [0.15, 0.2) is 72.8 Å². The highest BCUT2D eigenvalue weighted by atomic mass is 16.5. The van der Waals surface area contributed by atoms with Gasteiger partial charge in [0.25, 0.3) is 5.91 Å². The van der Waals surface area contributed by atoms with Crippen molar-refractivity contribution in [2.75, 3.05) is 24.4 Å². The van der Waals surface area contributed by atoms with Crippen LogP contribution in [0.2, 0.25) is 0 Å². The van der Waals surface area contributed by atoms with Gasteiger partial charge in [-0.05, 0) is 48.9 Å². The first-order chi connectivity index (χ1) is 13.6. The van der Waals surface area contributed by atoms with E-state index in [9.17, 15) is 4.79 Å². The Morgan fingerprint density at radius 1 is 0.857 bits per heavy atom. The third-order valence-electron chi connectivity index (χ3n) is 4.21. The lowest BCUT2D eigenvalue weighted by atomic mass is 10.1. The maximum Gasteiger partial charge on any atom is 0.262 e. The lowest BCUT2D eigenvalue weighted by Gasteiger charge is -2.11. The zero-order chi connectivity index (χ0) is 19.8. The van der Waals surface area contributed by atoms with Crippen LogP contribution >= 0.6 is 0 Å². The number of methoxy groups -OCH3 is 1. The zero-order valence-electron chi connectivity index (χ0n) is 16.1. The number of hydrogen-bond donors (Lipinski definition) is 2. The van der Waals surface area contributed by atoms with Gasteiger partial charge >= 0.3 is 0 Å². The third kappa shape index (κ3) is 5.51. The van der Waals surface area contributed by atoms with Crippen LogP contribution in [-0.4, -0.2) is 19.6 Å². The molecule has 5 nitrogen and oxygen atoms in total. The SMILES string of the molecule is COc1ccccc1OCC(=O)Nc1ccc(NCc2ccc(C)cc2)cc1. The summed E-state index contributed by atoms with van der Waals surface area (Å²) < 4.78 is 10.7. The summed E-state index contributed by atoms with van der Waals surface area (Å²) in [6.07, 6.45) is 0. The maximum atomic E-state index is 12.1. The molecular weight excluding hydrogens is 352 g/mol. The summed E-state index contributed by atoms with van der Waals surface area (Å²) in [6.45, 7) is 2.73. The summed E-state index contributed by atoms with van der Waals surface area (Å²) in [5.74, 6) is 0.904. The number of nitrogens with one attached hydrogen (secondary N) is 2. The Kier molecular flexibility index (Phi) is 6.52. The van der Waals surface area contributed by atoms with Crippen molar-refractivity contribution in [3.63, 3.8) is 0 Å². The molecule has 0 aliphatic carbocycles. The summed E-state index contributed by atoms with van der Waals surface area (Å²) in [4.78, 5) is 12.1. The minimum Gasteiger partial charge on any atom is -0.493 e. The van der Waals surface area contributed by atoms with Gasteiger partial charge in [-0.15, -0.1) is 0 Å². The molecule has 0 atom stereocenters. The minimum absolute atomic E-state index is 0.0895. The highest BCUT2D eigenvalue weighted by molar-refractivity contribution is 5.92. The molecular formula is C23H24N2O3. The first-order valence-electron chi connectivity index (χ1n) is 9.09. The molecule has 0 aromatic heterocycles. The van der Waals surface area contributed by atoms with Crippen LogP contribution in [0.3, 0.4) is 0 Å². The monoisotopic (exact) mass is 376 g/mol. The fourth-order valence-corrected chi connectivity index (χ4v) is 2.66. The zero-order valence-corrected chi connectivity index (χ0v) is 16.1. The first kappa shape index (κ1) is 19.3. The van der Waals surface area contributed by atoms with E-state index in [0.717, 1.165) is 17.9 Å². The summed E-state index contributed by atoms with van der Waals surface area (Å²) in [5.41, 5.74) is 4.17. The predicted octanol–water partition coefficient (Wildman–Crippen LogP) is 4.63. The van der Waals surface area contributed by atoms with Crippen LogP contribution in [0.4, 0.5) is 11.4 Å². The Bertz CT molecular complexity index is 906. The van der Waals surface area contributed by atoms with Crippen molar-refractivity contribution in [3.05, 3.63) is 83.9 Å². The highest BCUT2D eigenvalue weighted by Crippen LogP contribution is 2.25. The van der Waals surface area contributed by atoms with E-state index in [1.54, 1.807) is 19.2 Å². The Balaban J connectivity index is 1.48. The summed E-state index contributed by atoms with van der Waals surface area (Å²) in [7, 11) is 1.57. The molecule has 3 aromatic rings. The number of amides is 1. The van der Waals surface area contributed by atoms with Gasteiger partial charge in [0.05, 0.1) is 7.11 Å². The fraction of sp³-hybridized carbons (Fsp3) is 0.174. The smallest absolute Gasteiger partial charge is 0.262 e. The number of anilines is 2. The summed E-state index contributed by atoms with van der Waals surface area (Å²) in [5, 5.41) is 6.19. The van der Waals surface area contributed by atoms with Gasteiger partial charge in [0.2, 0.25) is 0 Å². The number of aryl methyl sites for hydroxylation is 1. The van der Waals surface area contributed by atoms with Crippen molar-refractivity contribution >= 4 is 17.3 Å². The number of rotatable bonds is 8. The maximum absolute atomic E-state index is 12.1. The Labute approximate surface area is 165 Å². The van der Waals surface area contributed by atoms with E-state index in [1.807, 2.05) is 36.4 Å². The number of para-hydroxylation sites is 2. The molecule has 0 aliphatic heterocycles. The van der Waals surface area contributed by atoms with Gasteiger partial charge in [0.1, 0.15) is 0 Å². The average molecular weight is 376 g/mol. The second-order valence-electron chi connectivity index (χ2n) is 6.40. The van der Waals surface area contributed by atoms with E-state index in [2.05, 4.69) is 41.8 Å². The molecule has 0 radical (unpaired) electrons. The van der Waals surface area contributed by atoms with Crippen LogP contribution in [0.25, 0.3) is 0 Å². The Morgan fingerprint density at radius 2 is 1.50 bits per heavy atom. The molecule has 1 amide bonds. The third-order valence-corrected chi connectivity index (χ3v) is 4.21. The predicted molar refractivity (Wildman–Crippen MR) is 112 cm³/mol. The average Bonchev–Trinajstić information content (AvgIpc) is 2.73. The molecule has 5 heteroatoms. The molecule has 0 spiro atoms. The molecule has 0 heterocycles. The molecule has 3 rings (SSSR count). The molecule has 0 fully saturated rings. The lowest BCUT2D eigenvalue weighted by Crippen LogP contribution is -2.20. The number of hydrogen-bond acceptors (Lipinski definition) is 4. The molecule has 0 unspecified atom stereocenters. The number of benzene rings is 3. The fourth-order valence-electron chi connectivity index (χ4n) is 2.66. The van der Waals surface area contributed by atoms with Crippen molar-refractivity contribution in [3.8, 4) is 11.5 Å². The van der Waals surface area contributed by atoms with Crippen LogP contribution in [-0.2, 0) is 11.3 Å². The second-order valence-corrected chi connectivity index (χ2v) is 6.40. The van der Waals surface area contributed by atoms with Gasteiger partial charge in [0.15, 0.2) is 18.1 Å². The summed E-state index contributed by atoms with van der Waals surface area (Å²) >= 11 is 0. The van der Waals surface area contributed by atoms with Gasteiger partial charge < -0.3 is 20.1 Å². The molecule has 28 heavy (non-hydrogen) atoms. The van der Waals surface area contributed by atoms with E-state index in [4.69, 9.17) is 9.47 Å². The van der Waals surface area contributed by atoms with Crippen molar-refractivity contribution in [2.45, 2.75) is 13.5 Å². The van der Waals surface area contributed by atoms with Gasteiger partial charge in [-0.2, -0.15) is 0 Å². The number of carbonyl (C=O) groups excluding carboxylic acids is 1. The highest BCUT2D eigenvalue weighted by Gasteiger charge is 2.07. The number of ether oxygens (including phenoxy) is 2. The normalized spacial score (nSPS) is 10.2. The molecule has 0 bridgehead atoms. The van der Waals surface area contributed by atoms with Crippen molar-refractivity contribution in [1.82, 2.24) is 0 Å². The van der Waals surface area contributed by atoms with Crippen LogP contribution < -0.4 is 20.1 Å². The van der Waals surface area contributed by atoms with Crippen molar-refractivity contribution in [1.29, 1.82) is 0 Å². The van der Waals surface area contributed by atoms with Crippen molar-refractivity contribution in [2.24, 2.45) is 0 Å². The molecule has 0 saturated heterocycles. The lowest BCUT2D eigenvalue weighted by molar-refractivity contribution is -0.118. The van der Waals surface area contributed by atoms with E-state index >= 15 is 0 Å². The Hall–Kier alpha value is -3.47. The van der Waals surface area contributed by atoms with E-state index in [1.165, 1.54) is 11.1 Å². The molecule has 3 aromatic carbocycles. The molecule has 0 saturated carbocycles. The molecule has 2 N–H and O–H groups in total. The van der Waals surface area contributed by atoms with Crippen LogP contribution in [0, 0.1) is 6.92 Å². The molecule has 0 aliphatic rings. The van der Waals surface area contributed by atoms with Crippen molar-refractivity contribution < 1.29 is 14.3 Å². The quantitative estimate of drug-likeness (QED) is 0.602. The van der Waals surface area contributed by atoms with Crippen LogP contribution in [0.5, 0.6) is 11.5 Å². The van der Waals surface area contributed by atoms with Gasteiger partial charge in [-0.3, -0.25) is 4.79 Å². The van der Waals surface area contributed by atoms with E-state index in [0.29, 0.717) is 11.5 Å². The van der Waals surface area contributed by atoms with Gasteiger partial charge in [-0.1, -0.05) is 42.0 Å². The number of carbonyl (C=O) groups is 1. The van der Waals surface area contributed by atoms with Crippen LogP contribution in [0.1, 0.15) is 11.1 Å². The topological polar surface area (TPSA) is 59.6 Å². The standard InChI is InChI=1S/C23H24N2O3/c1-17-7-9-18(10-8-17)15-24-19-11-13-20(14-12-19)25-23(26)16-28-22-6-4-3-5-21(22)27-2/h3-14,24H,15-16H2,1-2H3,(H,25,26). The van der Waals surface area contributed by atoms with E-state index in [-0.39, 0.29) is 12.5 Å². The first-order valence-corrected chi connectivity index (χ1v) is 9.09. The second kappa shape index (κ2) is 9.46. The van der Waals surface area contributed by atoms with Gasteiger partial charge in [-0.25, -0.2) is 0 Å². The summed E-state index contributed by atoms with van der Waals surface area (Å²) in [6, 6.07) is 23.2. The Morgan fingerprint density at radius 3 is 2.18 bits per heavy atom. The van der Waals surface area contributed by atoms with Gasteiger partial charge in [0, 0.05) is 17.9 Å². The molecule has 144 valence electrons.